The topological polar surface area (TPSA) is 65.0 Å². The van der Waals surface area contributed by atoms with Gasteiger partial charge in [-0.25, -0.2) is 15.0 Å². The molecular weight excluding hydrogens is 542 g/mol. The first-order valence-corrected chi connectivity index (χ1v) is 14.5. The first kappa shape index (κ1) is 24.5. The predicted molar refractivity (Wildman–Crippen MR) is 176 cm³/mol. The van der Waals surface area contributed by atoms with Crippen molar-refractivity contribution < 1.29 is 8.83 Å². The SMILES string of the molecule is c1ccc(-c2nc(-c3cccc(-c4cccc5oc6ccccc6c45)c3)nc(-c3cccc4oc5ccccc5c34)n2)cc1. The average molecular weight is 566 g/mol. The molecular formula is C39H23N3O2. The fourth-order valence-electron chi connectivity index (χ4n) is 6.14. The second-order valence-corrected chi connectivity index (χ2v) is 10.8. The second kappa shape index (κ2) is 9.75. The molecule has 9 aromatic rings. The summed E-state index contributed by atoms with van der Waals surface area (Å²) in [6.07, 6.45) is 0. The van der Waals surface area contributed by atoms with Crippen LogP contribution in [0.15, 0.2) is 148 Å². The van der Waals surface area contributed by atoms with Gasteiger partial charge in [0.25, 0.3) is 0 Å². The summed E-state index contributed by atoms with van der Waals surface area (Å²) in [5, 5.41) is 4.22. The summed E-state index contributed by atoms with van der Waals surface area (Å²) in [5.74, 6) is 1.81. The number of benzene rings is 6. The first-order chi connectivity index (χ1) is 21.8. The molecule has 44 heavy (non-hydrogen) atoms. The van der Waals surface area contributed by atoms with E-state index >= 15 is 0 Å². The monoisotopic (exact) mass is 565 g/mol. The molecule has 206 valence electrons. The molecule has 0 radical (unpaired) electrons. The molecule has 0 atom stereocenters. The van der Waals surface area contributed by atoms with E-state index in [1.165, 1.54) is 0 Å². The van der Waals surface area contributed by atoms with Crippen LogP contribution in [-0.4, -0.2) is 15.0 Å². The van der Waals surface area contributed by atoms with Crippen LogP contribution in [0, 0.1) is 0 Å². The number of hydrogen-bond acceptors (Lipinski definition) is 5. The maximum atomic E-state index is 6.19. The maximum absolute atomic E-state index is 6.19. The molecule has 3 aromatic heterocycles. The summed E-state index contributed by atoms with van der Waals surface area (Å²) in [4.78, 5) is 15.1. The van der Waals surface area contributed by atoms with Crippen LogP contribution in [0.25, 0.3) is 89.2 Å². The Morgan fingerprint density at radius 3 is 1.52 bits per heavy atom. The predicted octanol–water partition coefficient (Wildman–Crippen LogP) is 10.3. The van der Waals surface area contributed by atoms with Crippen LogP contribution in [-0.2, 0) is 0 Å². The van der Waals surface area contributed by atoms with Crippen molar-refractivity contribution in [2.75, 3.05) is 0 Å². The second-order valence-electron chi connectivity index (χ2n) is 10.8. The Kier molecular flexibility index (Phi) is 5.43. The molecule has 0 fully saturated rings. The van der Waals surface area contributed by atoms with Crippen molar-refractivity contribution in [1.82, 2.24) is 15.0 Å². The number of para-hydroxylation sites is 2. The Labute approximate surface area is 252 Å². The molecule has 6 aromatic carbocycles. The molecule has 0 bridgehead atoms. The van der Waals surface area contributed by atoms with E-state index < -0.39 is 0 Å². The van der Waals surface area contributed by atoms with E-state index in [9.17, 15) is 0 Å². The molecule has 5 heteroatoms. The lowest BCUT2D eigenvalue weighted by atomic mass is 9.98. The number of fused-ring (bicyclic) bond motifs is 6. The van der Waals surface area contributed by atoms with Crippen molar-refractivity contribution in [3.05, 3.63) is 140 Å². The van der Waals surface area contributed by atoms with Crippen LogP contribution in [0.1, 0.15) is 0 Å². The Morgan fingerprint density at radius 1 is 0.341 bits per heavy atom. The molecule has 0 saturated carbocycles. The van der Waals surface area contributed by atoms with Gasteiger partial charge in [-0.05, 0) is 41.5 Å². The Bertz CT molecular complexity index is 2510. The third-order valence-corrected chi connectivity index (χ3v) is 8.15. The molecule has 5 nitrogen and oxygen atoms in total. The van der Waals surface area contributed by atoms with Crippen molar-refractivity contribution in [2.24, 2.45) is 0 Å². The molecule has 0 aliphatic heterocycles. The lowest BCUT2D eigenvalue weighted by Gasteiger charge is -2.10. The minimum atomic E-state index is 0.597. The largest absolute Gasteiger partial charge is 0.456 e. The van der Waals surface area contributed by atoms with Gasteiger partial charge in [-0.15, -0.1) is 0 Å². The summed E-state index contributed by atoms with van der Waals surface area (Å²) in [7, 11) is 0. The quantitative estimate of drug-likeness (QED) is 0.212. The van der Waals surface area contributed by atoms with E-state index in [0.29, 0.717) is 17.5 Å². The molecule has 0 aliphatic rings. The van der Waals surface area contributed by atoms with Gasteiger partial charge in [0, 0.05) is 38.2 Å². The number of furan rings is 2. The molecule has 0 N–H and O–H groups in total. The van der Waals surface area contributed by atoms with Crippen molar-refractivity contribution >= 4 is 43.9 Å². The van der Waals surface area contributed by atoms with Crippen molar-refractivity contribution in [3.63, 3.8) is 0 Å². The first-order valence-electron chi connectivity index (χ1n) is 14.5. The molecule has 0 saturated heterocycles. The van der Waals surface area contributed by atoms with E-state index in [2.05, 4.69) is 48.5 Å². The standard InChI is InChI=1S/C39H23N3O2/c1-2-11-24(12-3-1)37-40-38(42-39(41-37)30-18-10-22-34-36(30)29-16-5-7-20-32(29)44-34)26-14-8-13-25(23-26)27-17-9-21-33-35(27)28-15-4-6-19-31(28)43-33/h1-23H. The highest BCUT2D eigenvalue weighted by Crippen LogP contribution is 2.39. The molecule has 3 heterocycles. The van der Waals surface area contributed by atoms with Gasteiger partial charge in [0.2, 0.25) is 0 Å². The van der Waals surface area contributed by atoms with Gasteiger partial charge in [-0.2, -0.15) is 0 Å². The van der Waals surface area contributed by atoms with Crippen LogP contribution in [0.2, 0.25) is 0 Å². The lowest BCUT2D eigenvalue weighted by molar-refractivity contribution is 0.668. The van der Waals surface area contributed by atoms with E-state index in [1.54, 1.807) is 0 Å². The zero-order valence-corrected chi connectivity index (χ0v) is 23.4. The van der Waals surface area contributed by atoms with Gasteiger partial charge < -0.3 is 8.83 Å². The molecule has 0 unspecified atom stereocenters. The number of nitrogens with zero attached hydrogens (tertiary/aromatic N) is 3. The van der Waals surface area contributed by atoms with E-state index in [1.807, 2.05) is 91.0 Å². The average Bonchev–Trinajstić information content (AvgIpc) is 3.67. The summed E-state index contributed by atoms with van der Waals surface area (Å²) in [6.45, 7) is 0. The van der Waals surface area contributed by atoms with Crippen LogP contribution in [0.4, 0.5) is 0 Å². The lowest BCUT2D eigenvalue weighted by Crippen LogP contribution is -2.00. The number of hydrogen-bond donors (Lipinski definition) is 0. The summed E-state index contributed by atoms with van der Waals surface area (Å²) in [5.41, 5.74) is 8.26. The van der Waals surface area contributed by atoms with Crippen LogP contribution >= 0.6 is 0 Å². The third-order valence-electron chi connectivity index (χ3n) is 8.15. The highest BCUT2D eigenvalue weighted by atomic mass is 16.3. The Hall–Kier alpha value is -6.07. The molecule has 0 amide bonds. The number of rotatable bonds is 4. The summed E-state index contributed by atoms with van der Waals surface area (Å²) >= 11 is 0. The highest BCUT2D eigenvalue weighted by Gasteiger charge is 2.18. The fourth-order valence-corrected chi connectivity index (χ4v) is 6.14. The van der Waals surface area contributed by atoms with Gasteiger partial charge in [0.05, 0.1) is 0 Å². The van der Waals surface area contributed by atoms with Gasteiger partial charge >= 0.3 is 0 Å². The van der Waals surface area contributed by atoms with Crippen molar-refractivity contribution in [1.29, 1.82) is 0 Å². The van der Waals surface area contributed by atoms with Gasteiger partial charge in [0.1, 0.15) is 22.3 Å². The van der Waals surface area contributed by atoms with Crippen LogP contribution in [0.3, 0.4) is 0 Å². The highest BCUT2D eigenvalue weighted by molar-refractivity contribution is 6.13. The van der Waals surface area contributed by atoms with Crippen molar-refractivity contribution in [3.8, 4) is 45.3 Å². The normalized spacial score (nSPS) is 11.6. The van der Waals surface area contributed by atoms with E-state index in [-0.39, 0.29) is 0 Å². The van der Waals surface area contributed by atoms with Gasteiger partial charge in [0.15, 0.2) is 17.5 Å². The number of aromatic nitrogens is 3. The van der Waals surface area contributed by atoms with Gasteiger partial charge in [-0.3, -0.25) is 0 Å². The van der Waals surface area contributed by atoms with Crippen LogP contribution < -0.4 is 0 Å². The minimum Gasteiger partial charge on any atom is -0.456 e. The fraction of sp³-hybridized carbons (Fsp3) is 0. The minimum absolute atomic E-state index is 0.597. The van der Waals surface area contributed by atoms with Gasteiger partial charge in [-0.1, -0.05) is 109 Å². The Morgan fingerprint density at radius 2 is 0.818 bits per heavy atom. The molecule has 0 spiro atoms. The molecule has 0 aliphatic carbocycles. The van der Waals surface area contributed by atoms with Crippen LogP contribution in [0.5, 0.6) is 0 Å². The van der Waals surface area contributed by atoms with Crippen molar-refractivity contribution in [2.45, 2.75) is 0 Å². The Balaban J connectivity index is 1.27. The third kappa shape index (κ3) is 3.91. The molecule has 9 rings (SSSR count). The summed E-state index contributed by atoms with van der Waals surface area (Å²) in [6, 6.07) is 46.9. The zero-order valence-electron chi connectivity index (χ0n) is 23.4. The van der Waals surface area contributed by atoms with E-state index in [0.717, 1.165) is 71.7 Å². The smallest absolute Gasteiger partial charge is 0.164 e. The maximum Gasteiger partial charge on any atom is 0.164 e. The summed E-state index contributed by atoms with van der Waals surface area (Å²) < 4.78 is 12.4. The zero-order chi connectivity index (χ0) is 29.0. The van der Waals surface area contributed by atoms with E-state index in [4.69, 9.17) is 23.8 Å².